The number of hydrogen-bond donors (Lipinski definition) is 0. The maximum atomic E-state index is 12.2. The van der Waals surface area contributed by atoms with Gasteiger partial charge in [0.25, 0.3) is 0 Å². The van der Waals surface area contributed by atoms with Gasteiger partial charge in [-0.25, -0.2) is 9.78 Å². The van der Waals surface area contributed by atoms with Crippen LogP contribution >= 0.6 is 0 Å². The first-order chi connectivity index (χ1) is 11.3. The molecule has 0 amide bonds. The van der Waals surface area contributed by atoms with E-state index in [4.69, 9.17) is 14.2 Å². The predicted molar refractivity (Wildman–Crippen MR) is 84.6 cm³/mol. The molecule has 1 aromatic heterocycles. The molecular weight excluding hydrogens is 294 g/mol. The van der Waals surface area contributed by atoms with Gasteiger partial charge in [-0.2, -0.15) is 0 Å². The number of hydrogen-bond acceptors (Lipinski definition) is 5. The van der Waals surface area contributed by atoms with Crippen molar-refractivity contribution in [2.24, 2.45) is 0 Å². The van der Waals surface area contributed by atoms with Gasteiger partial charge in [-0.05, 0) is 12.1 Å². The molecular formula is C18H13NO4. The highest BCUT2D eigenvalue weighted by Gasteiger charge is 2.20. The number of nitrogens with zero attached hydrogens (tertiary/aromatic N) is 1. The van der Waals surface area contributed by atoms with Crippen LogP contribution in [0.1, 0.15) is 10.4 Å². The minimum atomic E-state index is -0.409. The molecule has 4 rings (SSSR count). The number of rotatable bonds is 2. The third kappa shape index (κ3) is 2.26. The molecule has 0 radical (unpaired) electrons. The number of aromatic nitrogens is 1. The first-order valence-corrected chi connectivity index (χ1v) is 7.14. The van der Waals surface area contributed by atoms with E-state index in [2.05, 4.69) is 4.98 Å². The highest BCUT2D eigenvalue weighted by molar-refractivity contribution is 6.05. The fourth-order valence-electron chi connectivity index (χ4n) is 2.65. The summed E-state index contributed by atoms with van der Waals surface area (Å²) >= 11 is 0. The highest BCUT2D eigenvalue weighted by Crippen LogP contribution is 2.37. The SMILES string of the molecule is COC(=O)c1cc(-c2ccccc2)nc2cc3c(cc12)OCO3. The van der Waals surface area contributed by atoms with Gasteiger partial charge in [-0.15, -0.1) is 0 Å². The Kier molecular flexibility index (Phi) is 3.12. The summed E-state index contributed by atoms with van der Waals surface area (Å²) in [5, 5.41) is 0.681. The van der Waals surface area contributed by atoms with Crippen LogP contribution in [0, 0.1) is 0 Å². The van der Waals surface area contributed by atoms with Crippen LogP contribution in [0.4, 0.5) is 0 Å². The zero-order chi connectivity index (χ0) is 15.8. The number of esters is 1. The molecule has 2 aromatic carbocycles. The molecule has 0 saturated carbocycles. The topological polar surface area (TPSA) is 57.7 Å². The highest BCUT2D eigenvalue weighted by atomic mass is 16.7. The van der Waals surface area contributed by atoms with Gasteiger partial charge >= 0.3 is 5.97 Å². The summed E-state index contributed by atoms with van der Waals surface area (Å²) in [6, 6.07) is 15.0. The standard InChI is InChI=1S/C18H13NO4/c1-21-18(20)13-7-14(11-5-3-2-4-6-11)19-15-9-17-16(8-12(13)15)22-10-23-17/h2-9H,10H2,1H3. The summed E-state index contributed by atoms with van der Waals surface area (Å²) in [5.41, 5.74) is 2.75. The molecule has 2 heterocycles. The summed E-state index contributed by atoms with van der Waals surface area (Å²) in [5.74, 6) is 0.830. The van der Waals surface area contributed by atoms with Crippen molar-refractivity contribution in [2.75, 3.05) is 13.9 Å². The Hall–Kier alpha value is -3.08. The summed E-state index contributed by atoms with van der Waals surface area (Å²) in [7, 11) is 1.36. The van der Waals surface area contributed by atoms with Gasteiger partial charge < -0.3 is 14.2 Å². The fraction of sp³-hybridized carbons (Fsp3) is 0.111. The molecule has 5 heteroatoms. The van der Waals surface area contributed by atoms with E-state index in [1.807, 2.05) is 30.3 Å². The minimum absolute atomic E-state index is 0.171. The maximum absolute atomic E-state index is 12.2. The smallest absolute Gasteiger partial charge is 0.338 e. The van der Waals surface area contributed by atoms with Crippen LogP contribution in [0.25, 0.3) is 22.2 Å². The number of fused-ring (bicyclic) bond motifs is 2. The summed E-state index contributed by atoms with van der Waals surface area (Å²) in [6.45, 7) is 0.171. The molecule has 23 heavy (non-hydrogen) atoms. The molecule has 0 saturated heterocycles. The molecule has 0 bridgehead atoms. The normalized spacial score (nSPS) is 12.4. The van der Waals surface area contributed by atoms with E-state index in [1.54, 1.807) is 18.2 Å². The average molecular weight is 307 g/mol. The lowest BCUT2D eigenvalue weighted by Gasteiger charge is -2.09. The Morgan fingerprint density at radius 1 is 1.09 bits per heavy atom. The Morgan fingerprint density at radius 2 is 1.83 bits per heavy atom. The minimum Gasteiger partial charge on any atom is -0.465 e. The Bertz CT molecular complexity index is 906. The number of carbonyl (C=O) groups is 1. The molecule has 5 nitrogen and oxygen atoms in total. The number of ether oxygens (including phenoxy) is 3. The number of carbonyl (C=O) groups excluding carboxylic acids is 1. The van der Waals surface area contributed by atoms with E-state index in [-0.39, 0.29) is 6.79 Å². The molecule has 114 valence electrons. The third-order valence-electron chi connectivity index (χ3n) is 3.78. The second-order valence-electron chi connectivity index (χ2n) is 5.14. The van der Waals surface area contributed by atoms with Gasteiger partial charge in [0.05, 0.1) is 23.9 Å². The molecule has 1 aliphatic heterocycles. The molecule has 0 N–H and O–H groups in total. The lowest BCUT2D eigenvalue weighted by Crippen LogP contribution is -2.04. The van der Waals surface area contributed by atoms with Gasteiger partial charge in [0.1, 0.15) is 0 Å². The van der Waals surface area contributed by atoms with Gasteiger partial charge in [-0.1, -0.05) is 30.3 Å². The first kappa shape index (κ1) is 13.6. The molecule has 3 aromatic rings. The van der Waals surface area contributed by atoms with Crippen LogP contribution in [-0.4, -0.2) is 24.9 Å². The van der Waals surface area contributed by atoms with Gasteiger partial charge in [0, 0.05) is 17.0 Å². The van der Waals surface area contributed by atoms with Gasteiger partial charge in [0.15, 0.2) is 11.5 Å². The fourth-order valence-corrected chi connectivity index (χ4v) is 2.65. The van der Waals surface area contributed by atoms with Crippen LogP contribution in [-0.2, 0) is 4.74 Å². The van der Waals surface area contributed by atoms with Crippen molar-refractivity contribution in [1.29, 1.82) is 0 Å². The first-order valence-electron chi connectivity index (χ1n) is 7.14. The Labute approximate surface area is 132 Å². The molecule has 0 spiro atoms. The molecule has 0 atom stereocenters. The van der Waals surface area contributed by atoms with Crippen molar-refractivity contribution < 1.29 is 19.0 Å². The van der Waals surface area contributed by atoms with E-state index < -0.39 is 5.97 Å². The number of benzene rings is 2. The second-order valence-corrected chi connectivity index (χ2v) is 5.14. The van der Waals surface area contributed by atoms with E-state index in [9.17, 15) is 4.79 Å². The van der Waals surface area contributed by atoms with Gasteiger partial charge in [-0.3, -0.25) is 0 Å². The third-order valence-corrected chi connectivity index (χ3v) is 3.78. The summed E-state index contributed by atoms with van der Waals surface area (Å²) in [6.07, 6.45) is 0. The van der Waals surface area contributed by atoms with E-state index >= 15 is 0 Å². The van der Waals surface area contributed by atoms with Gasteiger partial charge in [0.2, 0.25) is 6.79 Å². The zero-order valence-electron chi connectivity index (χ0n) is 12.4. The van der Waals surface area contributed by atoms with Crippen LogP contribution in [0.3, 0.4) is 0 Å². The van der Waals surface area contributed by atoms with Crippen molar-refractivity contribution in [3.8, 4) is 22.8 Å². The number of methoxy groups -OCH3 is 1. The molecule has 1 aliphatic rings. The van der Waals surface area contributed by atoms with Crippen molar-refractivity contribution in [3.05, 3.63) is 54.1 Å². The maximum Gasteiger partial charge on any atom is 0.338 e. The van der Waals surface area contributed by atoms with Crippen molar-refractivity contribution in [2.45, 2.75) is 0 Å². The van der Waals surface area contributed by atoms with Crippen LogP contribution in [0.5, 0.6) is 11.5 Å². The predicted octanol–water partition coefficient (Wildman–Crippen LogP) is 3.42. The van der Waals surface area contributed by atoms with Crippen LogP contribution in [0.2, 0.25) is 0 Å². The zero-order valence-corrected chi connectivity index (χ0v) is 12.4. The molecule has 0 aliphatic carbocycles. The van der Waals surface area contributed by atoms with E-state index in [1.165, 1.54) is 7.11 Å². The summed E-state index contributed by atoms with van der Waals surface area (Å²) < 4.78 is 15.7. The molecule has 0 fully saturated rings. The molecule has 0 unspecified atom stereocenters. The van der Waals surface area contributed by atoms with Crippen molar-refractivity contribution >= 4 is 16.9 Å². The largest absolute Gasteiger partial charge is 0.465 e. The lowest BCUT2D eigenvalue weighted by atomic mass is 10.0. The lowest BCUT2D eigenvalue weighted by molar-refractivity contribution is 0.0603. The Balaban J connectivity index is 2.00. The summed E-state index contributed by atoms with van der Waals surface area (Å²) in [4.78, 5) is 16.8. The quantitative estimate of drug-likeness (QED) is 0.679. The van der Waals surface area contributed by atoms with E-state index in [0.717, 1.165) is 5.56 Å². The monoisotopic (exact) mass is 307 g/mol. The second kappa shape index (κ2) is 5.28. The average Bonchev–Trinajstić information content (AvgIpc) is 3.06. The Morgan fingerprint density at radius 3 is 2.57 bits per heavy atom. The van der Waals surface area contributed by atoms with E-state index in [0.29, 0.717) is 33.7 Å². The number of pyridine rings is 1. The van der Waals surface area contributed by atoms with Crippen molar-refractivity contribution in [1.82, 2.24) is 4.98 Å². The van der Waals surface area contributed by atoms with Crippen molar-refractivity contribution in [3.63, 3.8) is 0 Å². The van der Waals surface area contributed by atoms with Crippen LogP contribution < -0.4 is 9.47 Å². The van der Waals surface area contributed by atoms with Crippen LogP contribution in [0.15, 0.2) is 48.5 Å².